The Morgan fingerprint density at radius 2 is 1.87 bits per heavy atom. The molecule has 166 valence electrons. The largest absolute Gasteiger partial charge is 0.493 e. The SMILES string of the molecule is COc1ccc(N2CC(NC(=O)NCCN(C)Cc3ccccc3)CC2=O)cc1OC. The number of benzene rings is 2. The summed E-state index contributed by atoms with van der Waals surface area (Å²) >= 11 is 0. The van der Waals surface area contributed by atoms with E-state index in [4.69, 9.17) is 9.47 Å². The van der Waals surface area contributed by atoms with Gasteiger partial charge in [-0.15, -0.1) is 0 Å². The van der Waals surface area contributed by atoms with E-state index >= 15 is 0 Å². The minimum Gasteiger partial charge on any atom is -0.493 e. The van der Waals surface area contributed by atoms with E-state index in [9.17, 15) is 9.59 Å². The molecule has 0 radical (unpaired) electrons. The molecule has 0 spiro atoms. The van der Waals surface area contributed by atoms with Crippen molar-refractivity contribution in [2.45, 2.75) is 19.0 Å². The molecule has 0 bridgehead atoms. The minimum absolute atomic E-state index is 0.0416. The van der Waals surface area contributed by atoms with Gasteiger partial charge in [-0.3, -0.25) is 4.79 Å². The van der Waals surface area contributed by atoms with E-state index in [2.05, 4.69) is 27.7 Å². The maximum Gasteiger partial charge on any atom is 0.315 e. The molecule has 1 aliphatic rings. The molecule has 1 heterocycles. The van der Waals surface area contributed by atoms with Gasteiger partial charge in [0.1, 0.15) is 0 Å². The van der Waals surface area contributed by atoms with Crippen LogP contribution < -0.4 is 25.0 Å². The van der Waals surface area contributed by atoms with Crippen molar-refractivity contribution >= 4 is 17.6 Å². The summed E-state index contributed by atoms with van der Waals surface area (Å²) < 4.78 is 10.6. The number of methoxy groups -OCH3 is 2. The Morgan fingerprint density at radius 3 is 2.58 bits per heavy atom. The molecule has 1 atom stereocenters. The summed E-state index contributed by atoms with van der Waals surface area (Å²) in [6.07, 6.45) is 0.260. The van der Waals surface area contributed by atoms with Crippen LogP contribution in [-0.4, -0.2) is 63.8 Å². The Bertz CT molecular complexity index is 890. The molecule has 0 saturated carbocycles. The number of nitrogens with zero attached hydrogens (tertiary/aromatic N) is 2. The number of anilines is 1. The molecule has 2 N–H and O–H groups in total. The van der Waals surface area contributed by atoms with E-state index in [1.165, 1.54) is 5.56 Å². The standard InChI is InChI=1S/C23H30N4O4/c1-26(15-17-7-5-4-6-8-17)12-11-24-23(29)25-18-13-22(28)27(16-18)19-9-10-20(30-2)21(14-19)31-3/h4-10,14,18H,11-13,15-16H2,1-3H3,(H2,24,25,29). The molecule has 3 amide bonds. The highest BCUT2D eigenvalue weighted by molar-refractivity contribution is 5.97. The molecule has 8 nitrogen and oxygen atoms in total. The number of hydrogen-bond donors (Lipinski definition) is 2. The van der Waals surface area contributed by atoms with Crippen molar-refractivity contribution < 1.29 is 19.1 Å². The van der Waals surface area contributed by atoms with E-state index < -0.39 is 0 Å². The Kier molecular flexibility index (Phi) is 7.72. The zero-order valence-corrected chi connectivity index (χ0v) is 18.3. The summed E-state index contributed by atoms with van der Waals surface area (Å²) in [4.78, 5) is 28.5. The van der Waals surface area contributed by atoms with Crippen molar-refractivity contribution in [3.8, 4) is 11.5 Å². The number of hydrogen-bond acceptors (Lipinski definition) is 5. The molecule has 1 fully saturated rings. The predicted molar refractivity (Wildman–Crippen MR) is 120 cm³/mol. The van der Waals surface area contributed by atoms with Crippen molar-refractivity contribution in [3.05, 3.63) is 54.1 Å². The molecular weight excluding hydrogens is 396 g/mol. The first kappa shape index (κ1) is 22.4. The molecule has 31 heavy (non-hydrogen) atoms. The second-order valence-electron chi connectivity index (χ2n) is 7.57. The number of carbonyl (C=O) groups is 2. The zero-order valence-electron chi connectivity index (χ0n) is 18.3. The summed E-state index contributed by atoms with van der Waals surface area (Å²) in [6.45, 7) is 2.48. The first-order chi connectivity index (χ1) is 15.0. The lowest BCUT2D eigenvalue weighted by Crippen LogP contribution is -2.45. The van der Waals surface area contributed by atoms with Gasteiger partial charge in [0.25, 0.3) is 0 Å². The van der Waals surface area contributed by atoms with Crippen molar-refractivity contribution in [1.82, 2.24) is 15.5 Å². The van der Waals surface area contributed by atoms with Crippen LogP contribution in [0.15, 0.2) is 48.5 Å². The Hall–Kier alpha value is -3.26. The lowest BCUT2D eigenvalue weighted by molar-refractivity contribution is -0.117. The van der Waals surface area contributed by atoms with Crippen molar-refractivity contribution in [2.24, 2.45) is 0 Å². The minimum atomic E-state index is -0.264. The summed E-state index contributed by atoms with van der Waals surface area (Å²) in [6, 6.07) is 15.0. The van der Waals surface area contributed by atoms with Gasteiger partial charge in [0.2, 0.25) is 5.91 Å². The molecule has 1 aliphatic heterocycles. The van der Waals surface area contributed by atoms with E-state index in [0.29, 0.717) is 24.6 Å². The monoisotopic (exact) mass is 426 g/mol. The molecule has 0 aliphatic carbocycles. The summed E-state index contributed by atoms with van der Waals surface area (Å²) in [5, 5.41) is 5.77. The number of carbonyl (C=O) groups excluding carboxylic acids is 2. The molecule has 1 unspecified atom stereocenters. The Labute approximate surface area is 183 Å². The van der Waals surface area contributed by atoms with Gasteiger partial charge in [0.15, 0.2) is 11.5 Å². The van der Waals surface area contributed by atoms with Gasteiger partial charge < -0.3 is 29.9 Å². The topological polar surface area (TPSA) is 83.1 Å². The van der Waals surface area contributed by atoms with Crippen LogP contribution in [-0.2, 0) is 11.3 Å². The zero-order chi connectivity index (χ0) is 22.2. The fraction of sp³-hybridized carbons (Fsp3) is 0.391. The Morgan fingerprint density at radius 1 is 1.13 bits per heavy atom. The number of likely N-dealkylation sites (N-methyl/N-ethyl adjacent to an activating group) is 1. The third-order valence-electron chi connectivity index (χ3n) is 5.21. The van der Waals surface area contributed by atoms with E-state index in [-0.39, 0.29) is 24.4 Å². The van der Waals surface area contributed by atoms with Crippen LogP contribution in [0.1, 0.15) is 12.0 Å². The molecular formula is C23H30N4O4. The molecule has 0 aromatic heterocycles. The number of ether oxygens (including phenoxy) is 2. The van der Waals surface area contributed by atoms with Gasteiger partial charge in [0.05, 0.1) is 20.3 Å². The van der Waals surface area contributed by atoms with Crippen LogP contribution >= 0.6 is 0 Å². The molecule has 3 rings (SSSR count). The highest BCUT2D eigenvalue weighted by atomic mass is 16.5. The van der Waals surface area contributed by atoms with Crippen LogP contribution in [0.3, 0.4) is 0 Å². The predicted octanol–water partition coefficient (Wildman–Crippen LogP) is 2.24. The summed E-state index contributed by atoms with van der Waals surface area (Å²) in [5.74, 6) is 1.12. The number of nitrogens with one attached hydrogen (secondary N) is 2. The lowest BCUT2D eigenvalue weighted by Gasteiger charge is -2.20. The van der Waals surface area contributed by atoms with Crippen molar-refractivity contribution in [1.29, 1.82) is 0 Å². The van der Waals surface area contributed by atoms with Gasteiger partial charge in [-0.25, -0.2) is 4.79 Å². The summed E-state index contributed by atoms with van der Waals surface area (Å²) in [7, 11) is 5.14. The van der Waals surface area contributed by atoms with Crippen molar-refractivity contribution in [2.75, 3.05) is 45.8 Å². The number of urea groups is 1. The third-order valence-corrected chi connectivity index (χ3v) is 5.21. The first-order valence-corrected chi connectivity index (χ1v) is 10.3. The normalized spacial score (nSPS) is 15.8. The highest BCUT2D eigenvalue weighted by Gasteiger charge is 2.32. The average molecular weight is 427 g/mol. The fourth-order valence-corrected chi connectivity index (χ4v) is 3.62. The summed E-state index contributed by atoms with van der Waals surface area (Å²) in [5.41, 5.74) is 1.95. The van der Waals surface area contributed by atoms with Gasteiger partial charge in [-0.05, 0) is 24.7 Å². The van der Waals surface area contributed by atoms with Gasteiger partial charge in [-0.1, -0.05) is 30.3 Å². The van der Waals surface area contributed by atoms with E-state index in [0.717, 1.165) is 18.8 Å². The molecule has 2 aromatic carbocycles. The van der Waals surface area contributed by atoms with Crippen LogP contribution in [0.4, 0.5) is 10.5 Å². The van der Waals surface area contributed by atoms with Crippen LogP contribution in [0.2, 0.25) is 0 Å². The van der Waals surface area contributed by atoms with Gasteiger partial charge in [-0.2, -0.15) is 0 Å². The van der Waals surface area contributed by atoms with Crippen LogP contribution in [0.25, 0.3) is 0 Å². The molecule has 1 saturated heterocycles. The number of amides is 3. The molecule has 8 heteroatoms. The average Bonchev–Trinajstić information content (AvgIpc) is 3.13. The third kappa shape index (κ3) is 6.11. The highest BCUT2D eigenvalue weighted by Crippen LogP contribution is 2.33. The molecule has 2 aromatic rings. The lowest BCUT2D eigenvalue weighted by atomic mass is 10.2. The first-order valence-electron chi connectivity index (χ1n) is 10.3. The van der Waals surface area contributed by atoms with Crippen molar-refractivity contribution in [3.63, 3.8) is 0 Å². The van der Waals surface area contributed by atoms with E-state index in [1.54, 1.807) is 31.3 Å². The maximum atomic E-state index is 12.5. The Balaban J connectivity index is 1.44. The fourth-order valence-electron chi connectivity index (χ4n) is 3.62. The maximum absolute atomic E-state index is 12.5. The number of rotatable bonds is 9. The second kappa shape index (κ2) is 10.7. The second-order valence-corrected chi connectivity index (χ2v) is 7.57. The van der Waals surface area contributed by atoms with Crippen LogP contribution in [0, 0.1) is 0 Å². The quantitative estimate of drug-likeness (QED) is 0.643. The smallest absolute Gasteiger partial charge is 0.315 e. The van der Waals surface area contributed by atoms with Gasteiger partial charge in [0, 0.05) is 44.4 Å². The van der Waals surface area contributed by atoms with Crippen LogP contribution in [0.5, 0.6) is 11.5 Å². The van der Waals surface area contributed by atoms with Gasteiger partial charge >= 0.3 is 6.03 Å². The van der Waals surface area contributed by atoms with E-state index in [1.807, 2.05) is 31.3 Å².